The topological polar surface area (TPSA) is 76.8 Å². The second-order valence-corrected chi connectivity index (χ2v) is 16.4. The highest BCUT2D eigenvalue weighted by Gasteiger charge is 2.29. The number of aliphatic imine (C=N–C) groups is 1. The van der Waals surface area contributed by atoms with Gasteiger partial charge in [-0.25, -0.2) is 4.99 Å². The van der Waals surface area contributed by atoms with Crippen molar-refractivity contribution < 1.29 is 4.79 Å². The number of rotatable bonds is 3. The van der Waals surface area contributed by atoms with E-state index in [9.17, 15) is 4.79 Å². The minimum atomic E-state index is -0.335. The predicted octanol–water partition coefficient (Wildman–Crippen LogP) is 12.5. The van der Waals surface area contributed by atoms with Gasteiger partial charge in [-0.15, -0.1) is 0 Å². The number of H-pyrrole nitrogens is 3. The van der Waals surface area contributed by atoms with Crippen LogP contribution in [0.1, 0.15) is 39.5 Å². The van der Waals surface area contributed by atoms with Crippen LogP contribution in [0.5, 0.6) is 0 Å². The van der Waals surface area contributed by atoms with Crippen LogP contribution in [-0.4, -0.2) is 26.4 Å². The predicted molar refractivity (Wildman–Crippen MR) is 237 cm³/mol. The molecule has 0 spiro atoms. The number of aromatic amines is 3. The number of halogens is 8. The van der Waals surface area contributed by atoms with Crippen LogP contribution in [0.4, 0.5) is 0 Å². The summed E-state index contributed by atoms with van der Waals surface area (Å²) in [5.74, 6) is -0.335. The second-order valence-electron chi connectivity index (χ2n) is 13.1. The smallest absolute Gasteiger partial charge is 0.181 e. The summed E-state index contributed by atoms with van der Waals surface area (Å²) in [5.41, 5.74) is 8.26. The summed E-state index contributed by atoms with van der Waals surface area (Å²) in [6, 6.07) is 27.6. The molecule has 3 aromatic carbocycles. The van der Waals surface area contributed by atoms with Gasteiger partial charge in [0.2, 0.25) is 0 Å². The molecule has 2 aliphatic heterocycles. The summed E-state index contributed by atoms with van der Waals surface area (Å²) in [5, 5.41) is 4.22. The Kier molecular flexibility index (Phi) is 10.1. The Morgan fingerprint density at radius 3 is 1.23 bits per heavy atom. The second kappa shape index (κ2) is 15.1. The molecule has 3 aliphatic rings. The Hall–Kier alpha value is -4.40. The average molecular weight is 906 g/mol. The summed E-state index contributed by atoms with van der Waals surface area (Å²) in [7, 11) is 0. The van der Waals surface area contributed by atoms with Gasteiger partial charge in [-0.1, -0.05) is 111 Å². The molecule has 0 amide bonds. The van der Waals surface area contributed by atoms with Gasteiger partial charge in [-0.3, -0.25) is 4.79 Å². The van der Waals surface area contributed by atoms with Crippen LogP contribution in [0, 0.1) is 0 Å². The van der Waals surface area contributed by atoms with Crippen LogP contribution in [0.15, 0.2) is 142 Å². The molecule has 0 fully saturated rings. The molecule has 5 nitrogen and oxygen atoms in total. The van der Waals surface area contributed by atoms with E-state index in [4.69, 9.17) is 97.8 Å². The van der Waals surface area contributed by atoms with E-state index in [1.165, 1.54) is 12.2 Å². The van der Waals surface area contributed by atoms with Crippen molar-refractivity contribution >= 4 is 127 Å². The van der Waals surface area contributed by atoms with Gasteiger partial charge < -0.3 is 15.0 Å². The number of allylic oxidation sites excluding steroid dienone is 8. The van der Waals surface area contributed by atoms with Crippen molar-refractivity contribution in [2.75, 3.05) is 0 Å². The average Bonchev–Trinajstić information content (AvgIpc) is 4.00. The molecule has 13 heteroatoms. The van der Waals surface area contributed by atoms with E-state index in [0.717, 1.165) is 0 Å². The number of nitrogens with zero attached hydrogens (tertiary/aromatic N) is 1. The lowest BCUT2D eigenvalue weighted by Crippen LogP contribution is -2.18. The molecule has 57 heavy (non-hydrogen) atoms. The van der Waals surface area contributed by atoms with Gasteiger partial charge in [0.25, 0.3) is 0 Å². The Morgan fingerprint density at radius 1 is 0.404 bits per heavy atom. The van der Waals surface area contributed by atoms with E-state index in [0.29, 0.717) is 120 Å². The SMILES string of the molecule is O=C1C=C(Cl)C(=C2C3=N/C(=C(/c4c(Cl)cccc4Cl)c4ccc([nH]4)/C(c4c(Cl)cccc4Cl)=c4/cc/c([nH]4)=C(\c4c(Cl)cccc4Cl)c4ccc2[nH]4)C=C3)C(Cl)=C1. The Balaban J connectivity index is 1.47. The fourth-order valence-corrected chi connectivity index (χ4v) is 9.75. The molecule has 6 aromatic rings. The summed E-state index contributed by atoms with van der Waals surface area (Å²) < 4.78 is 0. The monoisotopic (exact) mass is 902 g/mol. The molecule has 5 heterocycles. The first-order valence-corrected chi connectivity index (χ1v) is 20.2. The van der Waals surface area contributed by atoms with E-state index in [1.54, 1.807) is 54.6 Å². The minimum Gasteiger partial charge on any atom is -0.354 e. The first-order chi connectivity index (χ1) is 27.5. The number of hydrogen-bond acceptors (Lipinski definition) is 2. The summed E-state index contributed by atoms with van der Waals surface area (Å²) in [6.07, 6.45) is 6.36. The lowest BCUT2D eigenvalue weighted by Gasteiger charge is -2.17. The van der Waals surface area contributed by atoms with Gasteiger partial charge in [0.1, 0.15) is 0 Å². The van der Waals surface area contributed by atoms with Crippen molar-refractivity contribution in [2.45, 2.75) is 0 Å². The minimum absolute atomic E-state index is 0.152. The van der Waals surface area contributed by atoms with E-state index in [2.05, 4.69) is 15.0 Å². The molecule has 9 rings (SSSR count). The van der Waals surface area contributed by atoms with Crippen molar-refractivity contribution in [3.63, 3.8) is 0 Å². The zero-order valence-electron chi connectivity index (χ0n) is 28.8. The maximum absolute atomic E-state index is 12.6. The summed E-state index contributed by atoms with van der Waals surface area (Å²) >= 11 is 55.4. The van der Waals surface area contributed by atoms with Crippen molar-refractivity contribution in [1.82, 2.24) is 15.0 Å². The summed E-state index contributed by atoms with van der Waals surface area (Å²) in [4.78, 5) is 28.6. The van der Waals surface area contributed by atoms with Gasteiger partial charge in [0.05, 0.1) is 51.6 Å². The highest BCUT2D eigenvalue weighted by atomic mass is 35.5. The zero-order chi connectivity index (χ0) is 39.7. The fraction of sp³-hybridized carbons (Fsp3) is 0. The summed E-state index contributed by atoms with van der Waals surface area (Å²) in [6.45, 7) is 0. The Morgan fingerprint density at radius 2 is 0.789 bits per heavy atom. The van der Waals surface area contributed by atoms with Crippen LogP contribution in [0.25, 0.3) is 22.3 Å². The third-order valence-corrected chi connectivity index (χ3v) is 12.2. The molecule has 0 unspecified atom stereocenters. The first kappa shape index (κ1) is 38.1. The number of ketones is 1. The Labute approximate surface area is 365 Å². The van der Waals surface area contributed by atoms with Gasteiger partial charge in [0.15, 0.2) is 5.78 Å². The molecule has 0 radical (unpaired) electrons. The number of nitrogens with one attached hydrogen (secondary N) is 3. The largest absolute Gasteiger partial charge is 0.354 e. The normalized spacial score (nSPS) is 18.6. The van der Waals surface area contributed by atoms with Crippen LogP contribution in [0.2, 0.25) is 30.1 Å². The highest BCUT2D eigenvalue weighted by molar-refractivity contribution is 6.46. The number of carbonyl (C=O) groups is 1. The molecule has 1 aliphatic carbocycles. The van der Waals surface area contributed by atoms with E-state index in [1.807, 2.05) is 48.6 Å². The van der Waals surface area contributed by atoms with E-state index in [-0.39, 0.29) is 15.8 Å². The quantitative estimate of drug-likeness (QED) is 0.163. The van der Waals surface area contributed by atoms with Crippen LogP contribution in [-0.2, 0) is 4.79 Å². The zero-order valence-corrected chi connectivity index (χ0v) is 34.9. The molecule has 280 valence electrons. The lowest BCUT2D eigenvalue weighted by molar-refractivity contribution is -0.110. The molecule has 0 saturated carbocycles. The van der Waals surface area contributed by atoms with Crippen molar-refractivity contribution in [2.24, 2.45) is 4.99 Å². The van der Waals surface area contributed by atoms with E-state index < -0.39 is 0 Å². The van der Waals surface area contributed by atoms with Crippen molar-refractivity contribution in [3.05, 3.63) is 217 Å². The molecule has 3 N–H and O–H groups in total. The van der Waals surface area contributed by atoms with E-state index >= 15 is 0 Å². The Bertz CT molecular complexity index is 2990. The van der Waals surface area contributed by atoms with Gasteiger partial charge >= 0.3 is 0 Å². The van der Waals surface area contributed by atoms with Crippen molar-refractivity contribution in [3.8, 4) is 0 Å². The lowest BCUT2D eigenvalue weighted by atomic mass is 9.96. The third kappa shape index (κ3) is 6.70. The standard InChI is InChI=1S/C44H22Cl8N4O/c45-21-4-1-5-22(46)37(21)41-29-10-12-31(53-29)42(38-23(47)6-2-7-24(38)48)33-14-16-35(55-33)44(40-27(51)18-20(57)19-28(40)52)36-17-15-34(56-36)43(32-13-11-30(41)54-32)39-25(49)8-3-9-26(39)50/h1-19,53-55H/b41-29+,42-31+,43-34+. The number of carbonyl (C=O) groups excluding carboxylic acids is 1. The molecular weight excluding hydrogens is 884 g/mol. The molecule has 0 saturated heterocycles. The molecule has 0 atom stereocenters. The van der Waals surface area contributed by atoms with Gasteiger partial charge in [-0.2, -0.15) is 0 Å². The van der Waals surface area contributed by atoms with Crippen LogP contribution >= 0.6 is 92.8 Å². The maximum atomic E-state index is 12.6. The van der Waals surface area contributed by atoms with Crippen molar-refractivity contribution in [1.29, 1.82) is 0 Å². The number of hydrogen-bond donors (Lipinski definition) is 3. The molecule has 3 aromatic heterocycles. The van der Waals surface area contributed by atoms with Gasteiger partial charge in [0, 0.05) is 90.2 Å². The first-order valence-electron chi connectivity index (χ1n) is 17.2. The number of benzene rings is 3. The number of fused-ring (bicyclic) bond motifs is 7. The van der Waals surface area contributed by atoms with Gasteiger partial charge in [-0.05, 0) is 84.9 Å². The fourth-order valence-electron chi connectivity index (χ4n) is 7.33. The third-order valence-electron chi connectivity index (χ3n) is 9.73. The maximum Gasteiger partial charge on any atom is 0.181 e. The number of aromatic nitrogens is 3. The molecule has 8 bridgehead atoms. The molecular formula is C44H22Cl8N4O. The van der Waals surface area contributed by atoms with Crippen LogP contribution < -0.4 is 10.7 Å². The highest BCUT2D eigenvalue weighted by Crippen LogP contribution is 2.43. The van der Waals surface area contributed by atoms with Crippen LogP contribution in [0.3, 0.4) is 0 Å².